The Bertz CT molecular complexity index is 240. The van der Waals surface area contributed by atoms with Crippen LogP contribution in [0.5, 0.6) is 0 Å². The summed E-state index contributed by atoms with van der Waals surface area (Å²) in [4.78, 5) is 0. The van der Waals surface area contributed by atoms with Gasteiger partial charge in [0.2, 0.25) is 0 Å². The van der Waals surface area contributed by atoms with E-state index in [1.165, 1.54) is 12.8 Å². The molecular formula is C9H17N3. The van der Waals surface area contributed by atoms with Crippen LogP contribution in [0.25, 0.3) is 0 Å². The SMILES string of the molecule is CCCCc1nnc(C)n1CC. The van der Waals surface area contributed by atoms with Crippen LogP contribution in [0, 0.1) is 6.92 Å². The lowest BCUT2D eigenvalue weighted by Gasteiger charge is -2.03. The van der Waals surface area contributed by atoms with Crippen molar-refractivity contribution in [3.8, 4) is 0 Å². The molecule has 0 saturated heterocycles. The van der Waals surface area contributed by atoms with Gasteiger partial charge < -0.3 is 4.57 Å². The summed E-state index contributed by atoms with van der Waals surface area (Å²) in [5.74, 6) is 2.17. The molecule has 12 heavy (non-hydrogen) atoms. The maximum Gasteiger partial charge on any atom is 0.132 e. The first-order valence-corrected chi connectivity index (χ1v) is 4.68. The lowest BCUT2D eigenvalue weighted by molar-refractivity contribution is 0.650. The molecule has 3 heteroatoms. The molecule has 0 amide bonds. The molecule has 1 aromatic heterocycles. The van der Waals surface area contributed by atoms with Crippen molar-refractivity contribution in [2.45, 2.75) is 46.6 Å². The summed E-state index contributed by atoms with van der Waals surface area (Å²) in [5.41, 5.74) is 0. The Balaban J connectivity index is 2.70. The summed E-state index contributed by atoms with van der Waals surface area (Å²) in [7, 11) is 0. The van der Waals surface area contributed by atoms with Crippen LogP contribution in [0.4, 0.5) is 0 Å². The topological polar surface area (TPSA) is 30.7 Å². The molecule has 0 atom stereocenters. The Morgan fingerprint density at radius 1 is 1.25 bits per heavy atom. The van der Waals surface area contributed by atoms with Crippen molar-refractivity contribution in [2.75, 3.05) is 0 Å². The minimum Gasteiger partial charge on any atom is -0.316 e. The number of aryl methyl sites for hydroxylation is 2. The van der Waals surface area contributed by atoms with E-state index in [9.17, 15) is 0 Å². The minimum absolute atomic E-state index is 0.984. The lowest BCUT2D eigenvalue weighted by Crippen LogP contribution is -2.03. The number of nitrogens with zero attached hydrogens (tertiary/aromatic N) is 3. The van der Waals surface area contributed by atoms with E-state index in [1.807, 2.05) is 6.92 Å². The van der Waals surface area contributed by atoms with Crippen molar-refractivity contribution in [3.05, 3.63) is 11.6 Å². The molecule has 0 saturated carbocycles. The zero-order chi connectivity index (χ0) is 8.97. The van der Waals surface area contributed by atoms with Gasteiger partial charge in [0, 0.05) is 13.0 Å². The third-order valence-electron chi connectivity index (χ3n) is 2.08. The van der Waals surface area contributed by atoms with E-state index in [1.54, 1.807) is 0 Å². The van der Waals surface area contributed by atoms with Gasteiger partial charge in [0.05, 0.1) is 0 Å². The van der Waals surface area contributed by atoms with Crippen LogP contribution in [0.1, 0.15) is 38.3 Å². The van der Waals surface area contributed by atoms with Crippen molar-refractivity contribution in [2.24, 2.45) is 0 Å². The summed E-state index contributed by atoms with van der Waals surface area (Å²) in [6.45, 7) is 7.31. The maximum absolute atomic E-state index is 4.14. The average molecular weight is 167 g/mol. The molecule has 0 spiro atoms. The lowest BCUT2D eigenvalue weighted by atomic mass is 10.2. The summed E-state index contributed by atoms with van der Waals surface area (Å²) >= 11 is 0. The van der Waals surface area contributed by atoms with E-state index in [0.29, 0.717) is 0 Å². The molecule has 0 radical (unpaired) electrons. The fraction of sp³-hybridized carbons (Fsp3) is 0.778. The fourth-order valence-electron chi connectivity index (χ4n) is 1.36. The molecule has 0 aliphatic heterocycles. The number of hydrogen-bond donors (Lipinski definition) is 0. The highest BCUT2D eigenvalue weighted by atomic mass is 15.3. The van der Waals surface area contributed by atoms with Gasteiger partial charge in [0.25, 0.3) is 0 Å². The van der Waals surface area contributed by atoms with Crippen LogP contribution in [0.15, 0.2) is 0 Å². The Morgan fingerprint density at radius 2 is 2.00 bits per heavy atom. The zero-order valence-electron chi connectivity index (χ0n) is 8.17. The Morgan fingerprint density at radius 3 is 2.58 bits per heavy atom. The Hall–Kier alpha value is -0.860. The second kappa shape index (κ2) is 4.24. The van der Waals surface area contributed by atoms with Gasteiger partial charge >= 0.3 is 0 Å². The largest absolute Gasteiger partial charge is 0.316 e. The van der Waals surface area contributed by atoms with E-state index in [-0.39, 0.29) is 0 Å². The van der Waals surface area contributed by atoms with Crippen LogP contribution >= 0.6 is 0 Å². The standard InChI is InChI=1S/C9H17N3/c1-4-6-7-9-11-10-8(3)12(9)5-2/h4-7H2,1-3H3. The Labute approximate surface area is 73.8 Å². The number of rotatable bonds is 4. The second-order valence-electron chi connectivity index (χ2n) is 3.01. The molecule has 0 aliphatic carbocycles. The molecule has 1 rings (SSSR count). The molecule has 0 N–H and O–H groups in total. The van der Waals surface area contributed by atoms with Crippen molar-refractivity contribution in [3.63, 3.8) is 0 Å². The van der Waals surface area contributed by atoms with Crippen molar-refractivity contribution in [1.29, 1.82) is 0 Å². The predicted octanol–water partition coefficient (Wildman–Crippen LogP) is 1.95. The van der Waals surface area contributed by atoms with Gasteiger partial charge in [-0.3, -0.25) is 0 Å². The van der Waals surface area contributed by atoms with Gasteiger partial charge in [-0.15, -0.1) is 10.2 Å². The minimum atomic E-state index is 0.984. The Kier molecular flexibility index (Phi) is 3.26. The summed E-state index contributed by atoms with van der Waals surface area (Å²) in [6, 6.07) is 0. The van der Waals surface area contributed by atoms with E-state index in [2.05, 4.69) is 28.6 Å². The van der Waals surface area contributed by atoms with Crippen LogP contribution in [0.2, 0.25) is 0 Å². The van der Waals surface area contributed by atoms with Crippen LogP contribution in [-0.4, -0.2) is 14.8 Å². The van der Waals surface area contributed by atoms with Crippen molar-refractivity contribution < 1.29 is 0 Å². The van der Waals surface area contributed by atoms with Gasteiger partial charge in [-0.05, 0) is 20.3 Å². The quantitative estimate of drug-likeness (QED) is 0.686. The highest BCUT2D eigenvalue weighted by Crippen LogP contribution is 2.04. The normalized spacial score (nSPS) is 10.6. The van der Waals surface area contributed by atoms with E-state index in [0.717, 1.165) is 24.6 Å². The highest BCUT2D eigenvalue weighted by molar-refractivity contribution is 4.93. The van der Waals surface area contributed by atoms with Gasteiger partial charge in [0.1, 0.15) is 11.6 Å². The molecule has 0 unspecified atom stereocenters. The van der Waals surface area contributed by atoms with Crippen LogP contribution in [0.3, 0.4) is 0 Å². The van der Waals surface area contributed by atoms with Crippen LogP contribution in [-0.2, 0) is 13.0 Å². The molecule has 0 fully saturated rings. The van der Waals surface area contributed by atoms with E-state index in [4.69, 9.17) is 0 Å². The van der Waals surface area contributed by atoms with E-state index < -0.39 is 0 Å². The molecule has 0 bridgehead atoms. The number of aromatic nitrogens is 3. The van der Waals surface area contributed by atoms with Gasteiger partial charge in [-0.25, -0.2) is 0 Å². The van der Waals surface area contributed by atoms with Crippen molar-refractivity contribution >= 4 is 0 Å². The monoisotopic (exact) mass is 167 g/mol. The molecule has 1 aromatic rings. The van der Waals surface area contributed by atoms with Crippen LogP contribution < -0.4 is 0 Å². The first kappa shape index (κ1) is 9.23. The fourth-order valence-corrected chi connectivity index (χ4v) is 1.36. The van der Waals surface area contributed by atoms with Crippen molar-refractivity contribution in [1.82, 2.24) is 14.8 Å². The van der Waals surface area contributed by atoms with Gasteiger partial charge in [-0.1, -0.05) is 13.3 Å². The molecule has 3 nitrogen and oxygen atoms in total. The zero-order valence-corrected chi connectivity index (χ0v) is 8.17. The first-order chi connectivity index (χ1) is 5.79. The molecule has 0 aromatic carbocycles. The predicted molar refractivity (Wildman–Crippen MR) is 49.0 cm³/mol. The average Bonchev–Trinajstić information content (AvgIpc) is 2.43. The summed E-state index contributed by atoms with van der Waals surface area (Å²) in [5, 5.41) is 8.19. The first-order valence-electron chi connectivity index (χ1n) is 4.68. The van der Waals surface area contributed by atoms with E-state index >= 15 is 0 Å². The molecular weight excluding hydrogens is 150 g/mol. The number of hydrogen-bond acceptors (Lipinski definition) is 2. The smallest absolute Gasteiger partial charge is 0.132 e. The summed E-state index contributed by atoms with van der Waals surface area (Å²) < 4.78 is 2.18. The van der Waals surface area contributed by atoms with Gasteiger partial charge in [0.15, 0.2) is 0 Å². The summed E-state index contributed by atoms with van der Waals surface area (Å²) in [6.07, 6.45) is 3.49. The maximum atomic E-state index is 4.14. The number of unbranched alkanes of at least 4 members (excludes halogenated alkanes) is 1. The second-order valence-corrected chi connectivity index (χ2v) is 3.01. The third-order valence-corrected chi connectivity index (χ3v) is 2.08. The highest BCUT2D eigenvalue weighted by Gasteiger charge is 2.04. The molecule has 0 aliphatic rings. The van der Waals surface area contributed by atoms with Gasteiger partial charge in [-0.2, -0.15) is 0 Å². The third kappa shape index (κ3) is 1.84. The molecule has 68 valence electrons. The molecule has 1 heterocycles.